The lowest BCUT2D eigenvalue weighted by molar-refractivity contribution is 0.0849. The molecule has 0 spiro atoms. The number of aryl methyl sites for hydroxylation is 1. The van der Waals surface area contributed by atoms with Crippen molar-refractivity contribution in [3.05, 3.63) is 60.3 Å². The summed E-state index contributed by atoms with van der Waals surface area (Å²) >= 11 is 0. The summed E-state index contributed by atoms with van der Waals surface area (Å²) in [5.41, 5.74) is 2.34. The summed E-state index contributed by atoms with van der Waals surface area (Å²) < 4.78 is 23.5. The van der Waals surface area contributed by atoms with Crippen LogP contribution in [0.2, 0.25) is 25.7 Å². The van der Waals surface area contributed by atoms with Gasteiger partial charge in [0.2, 0.25) is 0 Å². The van der Waals surface area contributed by atoms with Gasteiger partial charge < -0.3 is 13.9 Å². The van der Waals surface area contributed by atoms with Crippen LogP contribution in [0.5, 0.6) is 0 Å². The zero-order chi connectivity index (χ0) is 19.4. The van der Waals surface area contributed by atoms with E-state index in [1.807, 2.05) is 27.6 Å². The number of imidazole rings is 2. The molecule has 0 saturated carbocycles. The lowest BCUT2D eigenvalue weighted by Gasteiger charge is -2.16. The average molecular weight is 387 g/mol. The van der Waals surface area contributed by atoms with E-state index in [0.717, 1.165) is 29.7 Å². The van der Waals surface area contributed by atoms with Crippen molar-refractivity contribution in [2.75, 3.05) is 6.61 Å². The fraction of sp³-hybridized carbons (Fsp3) is 0.400. The number of hydrogen-bond acceptors (Lipinski definition) is 3. The molecule has 27 heavy (non-hydrogen) atoms. The van der Waals surface area contributed by atoms with Gasteiger partial charge in [-0.3, -0.25) is 0 Å². The van der Waals surface area contributed by atoms with Crippen molar-refractivity contribution in [1.82, 2.24) is 19.1 Å². The Balaban J connectivity index is 1.80. The van der Waals surface area contributed by atoms with E-state index in [-0.39, 0.29) is 5.82 Å². The molecular weight excluding hydrogens is 359 g/mol. The highest BCUT2D eigenvalue weighted by Crippen LogP contribution is 2.22. The molecule has 0 aliphatic heterocycles. The Kier molecular flexibility index (Phi) is 5.91. The van der Waals surface area contributed by atoms with E-state index in [2.05, 4.69) is 24.6 Å². The minimum atomic E-state index is -1.12. The maximum atomic E-state index is 13.6. The molecule has 1 aromatic carbocycles. The molecule has 3 aromatic rings. The summed E-state index contributed by atoms with van der Waals surface area (Å²) in [6.45, 7) is 10.6. The molecule has 3 rings (SSSR count). The first-order valence-corrected chi connectivity index (χ1v) is 12.9. The van der Waals surface area contributed by atoms with Crippen molar-refractivity contribution in [2.24, 2.45) is 0 Å². The van der Waals surface area contributed by atoms with Crippen LogP contribution >= 0.6 is 0 Å². The van der Waals surface area contributed by atoms with Gasteiger partial charge in [0.25, 0.3) is 0 Å². The second-order valence-corrected chi connectivity index (χ2v) is 13.7. The Morgan fingerprint density at radius 1 is 1.22 bits per heavy atom. The fourth-order valence-corrected chi connectivity index (χ4v) is 3.48. The van der Waals surface area contributed by atoms with Crippen LogP contribution in [0, 0.1) is 12.7 Å². The molecule has 0 radical (unpaired) electrons. The number of rotatable bonds is 8. The molecule has 7 heteroatoms. The summed E-state index contributed by atoms with van der Waals surface area (Å²) in [7, 11) is -1.12. The molecule has 144 valence electrons. The van der Waals surface area contributed by atoms with Crippen molar-refractivity contribution >= 4 is 8.07 Å². The highest BCUT2D eigenvalue weighted by molar-refractivity contribution is 6.76. The lowest BCUT2D eigenvalue weighted by Crippen LogP contribution is -2.22. The van der Waals surface area contributed by atoms with Crippen molar-refractivity contribution in [1.29, 1.82) is 0 Å². The molecule has 0 amide bonds. The van der Waals surface area contributed by atoms with Crippen LogP contribution in [0.1, 0.15) is 11.4 Å². The summed E-state index contributed by atoms with van der Waals surface area (Å²) in [5, 5.41) is 0. The summed E-state index contributed by atoms with van der Waals surface area (Å²) in [6, 6.07) is 6.21. The van der Waals surface area contributed by atoms with Gasteiger partial charge in [0, 0.05) is 38.8 Å². The molecule has 0 fully saturated rings. The minimum Gasteiger partial charge on any atom is -0.361 e. The third-order valence-electron chi connectivity index (χ3n) is 4.42. The molecule has 2 aromatic heterocycles. The summed E-state index contributed by atoms with van der Waals surface area (Å²) in [6.07, 6.45) is 7.41. The standard InChI is InChI=1S/C20H27FN4OSi/c1-16-11-17(5-6-18(16)21)19-12-25(15-26-9-10-27(2,3)4)20(23-19)13-24-8-7-22-14-24/h5-8,11-12,14H,9-10,13,15H2,1-4H3. The highest BCUT2D eigenvalue weighted by Gasteiger charge is 2.14. The Hall–Kier alpha value is -2.25. The van der Waals surface area contributed by atoms with Gasteiger partial charge in [-0.15, -0.1) is 0 Å². The Morgan fingerprint density at radius 3 is 2.70 bits per heavy atom. The Bertz CT molecular complexity index is 884. The van der Waals surface area contributed by atoms with E-state index in [1.165, 1.54) is 6.07 Å². The van der Waals surface area contributed by atoms with E-state index in [9.17, 15) is 4.39 Å². The maximum Gasteiger partial charge on any atom is 0.131 e. The number of halogens is 1. The molecule has 0 atom stereocenters. The van der Waals surface area contributed by atoms with Crippen molar-refractivity contribution < 1.29 is 9.13 Å². The monoisotopic (exact) mass is 386 g/mol. The van der Waals surface area contributed by atoms with Crippen LogP contribution in [-0.4, -0.2) is 33.8 Å². The van der Waals surface area contributed by atoms with Gasteiger partial charge in [-0.2, -0.15) is 0 Å². The smallest absolute Gasteiger partial charge is 0.131 e. The number of aromatic nitrogens is 4. The molecular formula is C20H27FN4OSi. The van der Waals surface area contributed by atoms with Crippen LogP contribution in [0.25, 0.3) is 11.3 Å². The van der Waals surface area contributed by atoms with Gasteiger partial charge in [-0.1, -0.05) is 19.6 Å². The number of nitrogens with zero attached hydrogens (tertiary/aromatic N) is 4. The van der Waals surface area contributed by atoms with Gasteiger partial charge in [0.1, 0.15) is 18.4 Å². The first kappa shape index (κ1) is 19.5. The SMILES string of the molecule is Cc1cc(-c2cn(COCC[Si](C)(C)C)c(Cn3ccnc3)n2)ccc1F. The first-order valence-electron chi connectivity index (χ1n) is 9.18. The van der Waals surface area contributed by atoms with Crippen LogP contribution in [-0.2, 0) is 18.0 Å². The molecule has 0 aliphatic rings. The van der Waals surface area contributed by atoms with Gasteiger partial charge in [0.05, 0.1) is 18.6 Å². The fourth-order valence-electron chi connectivity index (χ4n) is 2.72. The van der Waals surface area contributed by atoms with E-state index >= 15 is 0 Å². The first-order chi connectivity index (χ1) is 12.8. The van der Waals surface area contributed by atoms with Gasteiger partial charge >= 0.3 is 0 Å². The second kappa shape index (κ2) is 8.18. The van der Waals surface area contributed by atoms with Crippen molar-refractivity contribution in [2.45, 2.75) is 45.9 Å². The van der Waals surface area contributed by atoms with Gasteiger partial charge in [-0.05, 0) is 36.7 Å². The number of hydrogen-bond donors (Lipinski definition) is 0. The Morgan fingerprint density at radius 2 is 2.04 bits per heavy atom. The molecule has 5 nitrogen and oxygen atoms in total. The molecule has 0 bridgehead atoms. The van der Waals surface area contributed by atoms with Crippen molar-refractivity contribution in [3.8, 4) is 11.3 Å². The summed E-state index contributed by atoms with van der Waals surface area (Å²) in [5.74, 6) is 0.685. The van der Waals surface area contributed by atoms with E-state index in [4.69, 9.17) is 9.72 Å². The zero-order valence-corrected chi connectivity index (χ0v) is 17.4. The van der Waals surface area contributed by atoms with Gasteiger partial charge in [0.15, 0.2) is 0 Å². The van der Waals surface area contributed by atoms with E-state index in [0.29, 0.717) is 18.8 Å². The van der Waals surface area contributed by atoms with Crippen LogP contribution in [0.4, 0.5) is 4.39 Å². The molecule has 0 aliphatic carbocycles. The third kappa shape index (κ3) is 5.37. The van der Waals surface area contributed by atoms with Gasteiger partial charge in [-0.25, -0.2) is 14.4 Å². The normalized spacial score (nSPS) is 11.9. The second-order valence-electron chi connectivity index (χ2n) is 8.06. The zero-order valence-electron chi connectivity index (χ0n) is 16.4. The predicted molar refractivity (Wildman–Crippen MR) is 108 cm³/mol. The predicted octanol–water partition coefficient (Wildman–Crippen LogP) is 4.55. The molecule has 0 N–H and O–H groups in total. The Labute approximate surface area is 160 Å². The molecule has 2 heterocycles. The highest BCUT2D eigenvalue weighted by atomic mass is 28.3. The number of ether oxygens (including phenoxy) is 1. The quantitative estimate of drug-likeness (QED) is 0.421. The van der Waals surface area contributed by atoms with Crippen molar-refractivity contribution in [3.63, 3.8) is 0 Å². The molecule has 0 unspecified atom stereocenters. The lowest BCUT2D eigenvalue weighted by atomic mass is 10.1. The van der Waals surface area contributed by atoms with E-state index < -0.39 is 8.07 Å². The average Bonchev–Trinajstić information content (AvgIpc) is 3.24. The molecule has 0 saturated heterocycles. The van der Waals surface area contributed by atoms with Crippen LogP contribution in [0.15, 0.2) is 43.1 Å². The summed E-state index contributed by atoms with van der Waals surface area (Å²) in [4.78, 5) is 8.87. The van der Waals surface area contributed by atoms with E-state index in [1.54, 1.807) is 25.5 Å². The minimum absolute atomic E-state index is 0.202. The van der Waals surface area contributed by atoms with Crippen LogP contribution in [0.3, 0.4) is 0 Å². The number of benzene rings is 1. The topological polar surface area (TPSA) is 44.9 Å². The third-order valence-corrected chi connectivity index (χ3v) is 6.13. The maximum absolute atomic E-state index is 13.6. The largest absolute Gasteiger partial charge is 0.361 e. The van der Waals surface area contributed by atoms with Crippen LogP contribution < -0.4 is 0 Å².